The SMILES string of the molecule is Cn1cnc(CCNC(=O)c2cc(N)cc(Br)c2)n1. The van der Waals surface area contributed by atoms with Crippen molar-refractivity contribution in [2.75, 3.05) is 12.3 Å². The molecule has 0 unspecified atom stereocenters. The normalized spacial score (nSPS) is 10.4. The van der Waals surface area contributed by atoms with Crippen molar-refractivity contribution in [3.63, 3.8) is 0 Å². The average Bonchev–Trinajstić information content (AvgIpc) is 2.73. The third-order valence-corrected chi connectivity index (χ3v) is 2.92. The van der Waals surface area contributed by atoms with Crippen LogP contribution in [0.15, 0.2) is 29.0 Å². The molecule has 0 aliphatic heterocycles. The fraction of sp³-hybridized carbons (Fsp3) is 0.250. The van der Waals surface area contributed by atoms with Gasteiger partial charge < -0.3 is 11.1 Å². The van der Waals surface area contributed by atoms with Crippen LogP contribution in [0.1, 0.15) is 16.2 Å². The topological polar surface area (TPSA) is 85.8 Å². The molecule has 0 saturated heterocycles. The van der Waals surface area contributed by atoms with Crippen molar-refractivity contribution in [3.8, 4) is 0 Å². The zero-order valence-corrected chi connectivity index (χ0v) is 12.0. The monoisotopic (exact) mass is 323 g/mol. The van der Waals surface area contributed by atoms with Crippen LogP contribution in [0.2, 0.25) is 0 Å². The zero-order valence-electron chi connectivity index (χ0n) is 10.4. The number of nitrogen functional groups attached to an aromatic ring is 1. The van der Waals surface area contributed by atoms with Crippen molar-refractivity contribution >= 4 is 27.5 Å². The summed E-state index contributed by atoms with van der Waals surface area (Å²) in [5.41, 5.74) is 6.76. The van der Waals surface area contributed by atoms with E-state index in [9.17, 15) is 4.79 Å². The summed E-state index contributed by atoms with van der Waals surface area (Å²) in [6.45, 7) is 0.481. The minimum Gasteiger partial charge on any atom is -0.399 e. The number of benzene rings is 1. The van der Waals surface area contributed by atoms with Gasteiger partial charge >= 0.3 is 0 Å². The molecule has 100 valence electrons. The number of aryl methyl sites for hydroxylation is 1. The van der Waals surface area contributed by atoms with E-state index in [1.54, 1.807) is 36.3 Å². The Kier molecular flexibility index (Phi) is 4.16. The number of anilines is 1. The number of carbonyl (C=O) groups is 1. The van der Waals surface area contributed by atoms with Crippen LogP contribution in [0.25, 0.3) is 0 Å². The number of hydrogen-bond acceptors (Lipinski definition) is 4. The standard InChI is InChI=1S/C12H14BrN5O/c1-18-7-16-11(17-18)2-3-15-12(19)8-4-9(13)6-10(14)5-8/h4-7H,2-3,14H2,1H3,(H,15,19). The predicted octanol–water partition coefficient (Wildman–Crippen LogP) is 1.13. The van der Waals surface area contributed by atoms with Gasteiger partial charge in [0.05, 0.1) is 0 Å². The van der Waals surface area contributed by atoms with Crippen LogP contribution in [0.3, 0.4) is 0 Å². The molecule has 0 aliphatic rings. The van der Waals surface area contributed by atoms with E-state index in [0.717, 1.165) is 4.47 Å². The van der Waals surface area contributed by atoms with Crippen LogP contribution in [0, 0.1) is 0 Å². The maximum Gasteiger partial charge on any atom is 0.251 e. The van der Waals surface area contributed by atoms with E-state index in [2.05, 4.69) is 31.3 Å². The molecule has 0 spiro atoms. The van der Waals surface area contributed by atoms with Crippen molar-refractivity contribution in [2.45, 2.75) is 6.42 Å². The Hall–Kier alpha value is -1.89. The van der Waals surface area contributed by atoms with E-state index >= 15 is 0 Å². The van der Waals surface area contributed by atoms with Crippen LogP contribution >= 0.6 is 15.9 Å². The second-order valence-corrected chi connectivity index (χ2v) is 5.03. The molecule has 1 amide bonds. The Balaban J connectivity index is 1.90. The number of halogens is 1. The van der Waals surface area contributed by atoms with Gasteiger partial charge in [0.1, 0.15) is 6.33 Å². The largest absolute Gasteiger partial charge is 0.399 e. The number of nitrogens with zero attached hydrogens (tertiary/aromatic N) is 3. The van der Waals surface area contributed by atoms with Gasteiger partial charge in [0.15, 0.2) is 5.82 Å². The van der Waals surface area contributed by atoms with Gasteiger partial charge in [-0.2, -0.15) is 5.10 Å². The van der Waals surface area contributed by atoms with Gasteiger partial charge in [-0.05, 0) is 18.2 Å². The Morgan fingerprint density at radius 1 is 1.47 bits per heavy atom. The van der Waals surface area contributed by atoms with Crippen LogP contribution in [0.5, 0.6) is 0 Å². The molecule has 2 aromatic rings. The molecule has 19 heavy (non-hydrogen) atoms. The van der Waals surface area contributed by atoms with Gasteiger partial charge in [0.2, 0.25) is 0 Å². The molecule has 7 heteroatoms. The smallest absolute Gasteiger partial charge is 0.251 e. The van der Waals surface area contributed by atoms with E-state index in [-0.39, 0.29) is 5.91 Å². The molecule has 0 fully saturated rings. The van der Waals surface area contributed by atoms with Gasteiger partial charge in [0.25, 0.3) is 5.91 Å². The number of nitrogens with one attached hydrogen (secondary N) is 1. The molecule has 1 aromatic heterocycles. The molecule has 0 radical (unpaired) electrons. The summed E-state index contributed by atoms with van der Waals surface area (Å²) < 4.78 is 2.41. The summed E-state index contributed by atoms with van der Waals surface area (Å²) in [5, 5.41) is 6.94. The minimum atomic E-state index is -0.163. The molecule has 0 bridgehead atoms. The van der Waals surface area contributed by atoms with Gasteiger partial charge in [-0.25, -0.2) is 4.98 Å². The van der Waals surface area contributed by atoms with Crippen molar-refractivity contribution < 1.29 is 4.79 Å². The highest BCUT2D eigenvalue weighted by atomic mass is 79.9. The van der Waals surface area contributed by atoms with Crippen molar-refractivity contribution in [1.29, 1.82) is 0 Å². The maximum atomic E-state index is 11.9. The number of nitrogens with two attached hydrogens (primary N) is 1. The van der Waals surface area contributed by atoms with Gasteiger partial charge in [-0.15, -0.1) is 0 Å². The predicted molar refractivity (Wildman–Crippen MR) is 75.6 cm³/mol. The number of rotatable bonds is 4. The zero-order chi connectivity index (χ0) is 13.8. The minimum absolute atomic E-state index is 0.163. The van der Waals surface area contributed by atoms with Gasteiger partial charge in [0, 0.05) is 35.7 Å². The fourth-order valence-electron chi connectivity index (χ4n) is 1.63. The fourth-order valence-corrected chi connectivity index (χ4v) is 2.14. The van der Waals surface area contributed by atoms with Crippen molar-refractivity contribution in [2.24, 2.45) is 7.05 Å². The number of hydrogen-bond donors (Lipinski definition) is 2. The highest BCUT2D eigenvalue weighted by Gasteiger charge is 2.07. The first-order valence-corrected chi connectivity index (χ1v) is 6.52. The van der Waals surface area contributed by atoms with Crippen LogP contribution in [-0.2, 0) is 13.5 Å². The molecule has 1 aromatic carbocycles. The Morgan fingerprint density at radius 2 is 2.26 bits per heavy atom. The molecule has 0 saturated carbocycles. The average molecular weight is 324 g/mol. The first-order chi connectivity index (χ1) is 9.04. The summed E-state index contributed by atoms with van der Waals surface area (Å²) in [7, 11) is 1.80. The Labute approximate surface area is 119 Å². The summed E-state index contributed by atoms with van der Waals surface area (Å²) in [5.74, 6) is 0.542. The molecular formula is C12H14BrN5O. The second-order valence-electron chi connectivity index (χ2n) is 4.11. The first kappa shape index (κ1) is 13.5. The van der Waals surface area contributed by atoms with E-state index < -0.39 is 0 Å². The lowest BCUT2D eigenvalue weighted by Gasteiger charge is -2.05. The lowest BCUT2D eigenvalue weighted by molar-refractivity contribution is 0.0954. The molecule has 0 atom stereocenters. The molecule has 1 heterocycles. The summed E-state index contributed by atoms with van der Waals surface area (Å²) in [6.07, 6.45) is 2.22. The van der Waals surface area contributed by atoms with Crippen LogP contribution < -0.4 is 11.1 Å². The third kappa shape index (κ3) is 3.78. The highest BCUT2D eigenvalue weighted by molar-refractivity contribution is 9.10. The summed E-state index contributed by atoms with van der Waals surface area (Å²) in [6, 6.07) is 5.11. The van der Waals surface area contributed by atoms with Crippen LogP contribution in [-0.4, -0.2) is 27.2 Å². The molecule has 0 aliphatic carbocycles. The second kappa shape index (κ2) is 5.83. The number of aromatic nitrogens is 3. The van der Waals surface area contributed by atoms with E-state index in [1.807, 2.05) is 0 Å². The quantitative estimate of drug-likeness (QED) is 0.826. The number of amides is 1. The Bertz CT molecular complexity index is 575. The maximum absolute atomic E-state index is 11.9. The molecule has 6 nitrogen and oxygen atoms in total. The van der Waals surface area contributed by atoms with Crippen LogP contribution in [0.4, 0.5) is 5.69 Å². The Morgan fingerprint density at radius 3 is 2.89 bits per heavy atom. The lowest BCUT2D eigenvalue weighted by atomic mass is 10.2. The van der Waals surface area contributed by atoms with Gasteiger partial charge in [-0.3, -0.25) is 9.48 Å². The van der Waals surface area contributed by atoms with E-state index in [1.165, 1.54) is 0 Å². The summed E-state index contributed by atoms with van der Waals surface area (Å²) >= 11 is 3.31. The van der Waals surface area contributed by atoms with Crippen molar-refractivity contribution in [3.05, 3.63) is 40.4 Å². The lowest BCUT2D eigenvalue weighted by Crippen LogP contribution is -2.26. The van der Waals surface area contributed by atoms with E-state index in [0.29, 0.717) is 30.0 Å². The first-order valence-electron chi connectivity index (χ1n) is 5.73. The summed E-state index contributed by atoms with van der Waals surface area (Å²) in [4.78, 5) is 16.0. The third-order valence-electron chi connectivity index (χ3n) is 2.46. The highest BCUT2D eigenvalue weighted by Crippen LogP contribution is 2.17. The van der Waals surface area contributed by atoms with Gasteiger partial charge in [-0.1, -0.05) is 15.9 Å². The van der Waals surface area contributed by atoms with E-state index in [4.69, 9.17) is 5.73 Å². The van der Waals surface area contributed by atoms with Crippen molar-refractivity contribution in [1.82, 2.24) is 20.1 Å². The number of carbonyl (C=O) groups excluding carboxylic acids is 1. The molecular weight excluding hydrogens is 310 g/mol. The molecule has 2 rings (SSSR count). The molecule has 3 N–H and O–H groups in total.